The molecular formula is C16H32N4O2. The van der Waals surface area contributed by atoms with Crippen LogP contribution in [0.25, 0.3) is 0 Å². The molecule has 0 aromatic heterocycles. The molecule has 1 rings (SSSR count). The van der Waals surface area contributed by atoms with Crippen LogP contribution in [0.1, 0.15) is 33.6 Å². The number of rotatable bonds is 6. The average Bonchev–Trinajstić information content (AvgIpc) is 2.44. The summed E-state index contributed by atoms with van der Waals surface area (Å²) in [5, 5.41) is 5.91. The number of carbonyl (C=O) groups excluding carboxylic acids is 2. The molecule has 0 spiro atoms. The van der Waals surface area contributed by atoms with Gasteiger partial charge in [0.15, 0.2) is 0 Å². The Hall–Kier alpha value is -1.30. The number of nitrogens with one attached hydrogen (secondary N) is 2. The third-order valence-corrected chi connectivity index (χ3v) is 4.28. The molecule has 0 aliphatic carbocycles. The first-order valence-corrected chi connectivity index (χ1v) is 8.25. The average molecular weight is 312 g/mol. The quantitative estimate of drug-likeness (QED) is 0.773. The van der Waals surface area contributed by atoms with Crippen molar-refractivity contribution in [3.63, 3.8) is 0 Å². The molecule has 1 saturated heterocycles. The molecule has 1 aliphatic heterocycles. The summed E-state index contributed by atoms with van der Waals surface area (Å²) < 4.78 is 0. The minimum atomic E-state index is 0.00589. The predicted molar refractivity (Wildman–Crippen MR) is 88.7 cm³/mol. The number of hydrogen-bond donors (Lipinski definition) is 2. The molecular weight excluding hydrogens is 280 g/mol. The fourth-order valence-electron chi connectivity index (χ4n) is 2.84. The van der Waals surface area contributed by atoms with Crippen molar-refractivity contribution in [3.05, 3.63) is 0 Å². The zero-order valence-corrected chi connectivity index (χ0v) is 14.7. The van der Waals surface area contributed by atoms with Gasteiger partial charge in [0, 0.05) is 39.1 Å². The smallest absolute Gasteiger partial charge is 0.317 e. The molecule has 0 bridgehead atoms. The number of likely N-dealkylation sites (N-methyl/N-ethyl adjacent to an activating group) is 1. The lowest BCUT2D eigenvalue weighted by molar-refractivity contribution is -0.119. The van der Waals surface area contributed by atoms with E-state index >= 15 is 0 Å². The van der Waals surface area contributed by atoms with E-state index in [1.165, 1.54) is 0 Å². The van der Waals surface area contributed by atoms with E-state index < -0.39 is 0 Å². The first-order chi connectivity index (χ1) is 10.3. The van der Waals surface area contributed by atoms with Crippen LogP contribution >= 0.6 is 0 Å². The summed E-state index contributed by atoms with van der Waals surface area (Å²) in [6, 6.07) is 0.307. The highest BCUT2D eigenvalue weighted by Crippen LogP contribution is 2.20. The number of nitrogens with zero attached hydrogens (tertiary/aromatic N) is 2. The summed E-state index contributed by atoms with van der Waals surface area (Å²) in [5.74, 6) is 0.989. The Bertz CT molecular complexity index is 371. The molecule has 2 N–H and O–H groups in total. The van der Waals surface area contributed by atoms with Gasteiger partial charge in [-0.1, -0.05) is 13.8 Å². The Morgan fingerprint density at radius 3 is 2.50 bits per heavy atom. The molecule has 1 aliphatic rings. The standard InChI is InChI=1S/C16H32N4O2/c1-12(2)6-8-17-16(22)20-9-7-14(10-18-13(3)21)15(11-20)19(4)5/h12,14-15H,6-11H2,1-5H3,(H,17,22)(H,18,21)/t14-,15-/m1/s1. The van der Waals surface area contributed by atoms with Crippen molar-refractivity contribution >= 4 is 11.9 Å². The predicted octanol–water partition coefficient (Wildman–Crippen LogP) is 1.13. The van der Waals surface area contributed by atoms with Crippen molar-refractivity contribution in [1.29, 1.82) is 0 Å². The van der Waals surface area contributed by atoms with E-state index in [2.05, 4.69) is 29.4 Å². The number of hydrogen-bond acceptors (Lipinski definition) is 3. The normalized spacial score (nSPS) is 22.0. The van der Waals surface area contributed by atoms with E-state index in [1.54, 1.807) is 6.92 Å². The van der Waals surface area contributed by atoms with Crippen LogP contribution in [0, 0.1) is 11.8 Å². The van der Waals surface area contributed by atoms with Crippen LogP contribution in [0.2, 0.25) is 0 Å². The first kappa shape index (κ1) is 18.7. The molecule has 0 radical (unpaired) electrons. The number of urea groups is 1. The maximum absolute atomic E-state index is 12.2. The third-order valence-electron chi connectivity index (χ3n) is 4.28. The largest absolute Gasteiger partial charge is 0.356 e. The molecule has 1 fully saturated rings. The van der Waals surface area contributed by atoms with Crippen molar-refractivity contribution in [2.45, 2.75) is 39.7 Å². The van der Waals surface area contributed by atoms with E-state index in [-0.39, 0.29) is 18.0 Å². The van der Waals surface area contributed by atoms with Gasteiger partial charge < -0.3 is 20.4 Å². The molecule has 0 saturated carbocycles. The third kappa shape index (κ3) is 6.22. The van der Waals surface area contributed by atoms with Gasteiger partial charge in [0.2, 0.25) is 5.91 Å². The summed E-state index contributed by atoms with van der Waals surface area (Å²) in [6.07, 6.45) is 1.92. The molecule has 6 nitrogen and oxygen atoms in total. The molecule has 0 aromatic carbocycles. The zero-order valence-electron chi connectivity index (χ0n) is 14.7. The Morgan fingerprint density at radius 2 is 1.95 bits per heavy atom. The van der Waals surface area contributed by atoms with E-state index in [0.717, 1.165) is 25.9 Å². The van der Waals surface area contributed by atoms with Crippen LogP contribution in [0.4, 0.5) is 4.79 Å². The molecule has 22 heavy (non-hydrogen) atoms. The lowest BCUT2D eigenvalue weighted by Gasteiger charge is -2.41. The van der Waals surface area contributed by atoms with Gasteiger partial charge >= 0.3 is 6.03 Å². The fraction of sp³-hybridized carbons (Fsp3) is 0.875. The topological polar surface area (TPSA) is 64.7 Å². The molecule has 128 valence electrons. The van der Waals surface area contributed by atoms with Crippen LogP contribution in [0.3, 0.4) is 0 Å². The monoisotopic (exact) mass is 312 g/mol. The van der Waals surface area contributed by atoms with E-state index in [4.69, 9.17) is 0 Å². The highest BCUT2D eigenvalue weighted by molar-refractivity contribution is 5.74. The Labute approximate surface area is 134 Å². The molecule has 1 heterocycles. The van der Waals surface area contributed by atoms with E-state index in [1.807, 2.05) is 19.0 Å². The van der Waals surface area contributed by atoms with Gasteiger partial charge in [0.05, 0.1) is 0 Å². The van der Waals surface area contributed by atoms with Crippen molar-refractivity contribution < 1.29 is 9.59 Å². The van der Waals surface area contributed by atoms with Gasteiger partial charge in [-0.05, 0) is 38.8 Å². The summed E-state index contributed by atoms with van der Waals surface area (Å²) >= 11 is 0. The minimum absolute atomic E-state index is 0.00589. The van der Waals surface area contributed by atoms with E-state index in [9.17, 15) is 9.59 Å². The number of likely N-dealkylation sites (tertiary alicyclic amines) is 1. The Balaban J connectivity index is 2.50. The maximum atomic E-state index is 12.2. The SMILES string of the molecule is CC(=O)NC[C@H]1CCN(C(=O)NCCC(C)C)C[C@H]1N(C)C. The lowest BCUT2D eigenvalue weighted by atomic mass is 9.90. The molecule has 2 atom stereocenters. The fourth-order valence-corrected chi connectivity index (χ4v) is 2.84. The highest BCUT2D eigenvalue weighted by Gasteiger charge is 2.32. The van der Waals surface area contributed by atoms with Crippen LogP contribution in [-0.2, 0) is 4.79 Å². The highest BCUT2D eigenvalue weighted by atomic mass is 16.2. The van der Waals surface area contributed by atoms with Gasteiger partial charge in [0.25, 0.3) is 0 Å². The summed E-state index contributed by atoms with van der Waals surface area (Å²) in [5.41, 5.74) is 0. The van der Waals surface area contributed by atoms with Gasteiger partial charge in [-0.3, -0.25) is 4.79 Å². The van der Waals surface area contributed by atoms with Crippen LogP contribution in [-0.4, -0.2) is 68.1 Å². The van der Waals surface area contributed by atoms with Gasteiger partial charge in [-0.15, -0.1) is 0 Å². The van der Waals surface area contributed by atoms with Crippen LogP contribution < -0.4 is 10.6 Å². The van der Waals surface area contributed by atoms with Crippen molar-refractivity contribution in [2.75, 3.05) is 40.3 Å². The Morgan fingerprint density at radius 1 is 1.27 bits per heavy atom. The first-order valence-electron chi connectivity index (χ1n) is 8.25. The summed E-state index contributed by atoms with van der Waals surface area (Å²) in [6.45, 7) is 8.73. The van der Waals surface area contributed by atoms with Gasteiger partial charge in [-0.2, -0.15) is 0 Å². The second-order valence-electron chi connectivity index (χ2n) is 6.88. The number of piperidine rings is 1. The van der Waals surface area contributed by atoms with Crippen LogP contribution in [0.15, 0.2) is 0 Å². The van der Waals surface area contributed by atoms with Crippen molar-refractivity contribution in [3.8, 4) is 0 Å². The van der Waals surface area contributed by atoms with Crippen LogP contribution in [0.5, 0.6) is 0 Å². The summed E-state index contributed by atoms with van der Waals surface area (Å²) in [4.78, 5) is 27.4. The van der Waals surface area contributed by atoms with E-state index in [0.29, 0.717) is 24.9 Å². The van der Waals surface area contributed by atoms with Crippen molar-refractivity contribution in [2.24, 2.45) is 11.8 Å². The lowest BCUT2D eigenvalue weighted by Crippen LogP contribution is -2.56. The van der Waals surface area contributed by atoms with Gasteiger partial charge in [0.1, 0.15) is 0 Å². The molecule has 3 amide bonds. The summed E-state index contributed by atoms with van der Waals surface area (Å²) in [7, 11) is 4.07. The molecule has 0 aromatic rings. The molecule has 6 heteroatoms. The second-order valence-corrected chi connectivity index (χ2v) is 6.88. The Kier molecular flexibility index (Phi) is 7.65. The number of carbonyl (C=O) groups is 2. The maximum Gasteiger partial charge on any atom is 0.317 e. The zero-order chi connectivity index (χ0) is 16.7. The second kappa shape index (κ2) is 8.98. The van der Waals surface area contributed by atoms with Gasteiger partial charge in [-0.25, -0.2) is 4.79 Å². The number of amides is 3. The minimum Gasteiger partial charge on any atom is -0.356 e. The molecule has 0 unspecified atom stereocenters. The van der Waals surface area contributed by atoms with Crippen molar-refractivity contribution in [1.82, 2.24) is 20.4 Å².